The summed E-state index contributed by atoms with van der Waals surface area (Å²) in [6.45, 7) is 5.87. The molecule has 0 unspecified atom stereocenters. The van der Waals surface area contributed by atoms with Gasteiger partial charge in [-0.25, -0.2) is 17.2 Å². The maximum absolute atomic E-state index is 14.9. The second kappa shape index (κ2) is 12.8. The Morgan fingerprint density at radius 2 is 1.49 bits per heavy atom. The third-order valence-electron chi connectivity index (χ3n) is 6.48. The number of nitrogens with one attached hydrogen (secondary N) is 1. The van der Waals surface area contributed by atoms with Crippen LogP contribution in [0, 0.1) is 18.6 Å². The van der Waals surface area contributed by atoms with Crippen LogP contribution >= 0.6 is 0 Å². The molecule has 2 amide bonds. The van der Waals surface area contributed by atoms with E-state index in [1.54, 1.807) is 25.1 Å². The van der Waals surface area contributed by atoms with Gasteiger partial charge in [0.25, 0.3) is 10.0 Å². The second-order valence-corrected chi connectivity index (χ2v) is 11.2. The van der Waals surface area contributed by atoms with Crippen LogP contribution < -0.4 is 9.62 Å². The van der Waals surface area contributed by atoms with Crippen molar-refractivity contribution in [3.63, 3.8) is 0 Å². The lowest BCUT2D eigenvalue weighted by atomic mass is 10.1. The minimum Gasteiger partial charge on any atom is -0.352 e. The normalized spacial score (nSPS) is 12.9. The van der Waals surface area contributed by atoms with Crippen LogP contribution in [0.4, 0.5) is 14.5 Å². The van der Waals surface area contributed by atoms with Crippen molar-refractivity contribution in [2.45, 2.75) is 57.6 Å². The SMILES string of the molecule is CC[C@H](C)NC(=O)[C@@H](C)N(Cc1ccccc1F)C(=O)CN(c1ccccc1F)S(=O)(=O)c1ccc(C)cc1. The van der Waals surface area contributed by atoms with Crippen molar-refractivity contribution in [1.29, 1.82) is 0 Å². The molecule has 0 saturated heterocycles. The van der Waals surface area contributed by atoms with Crippen molar-refractivity contribution < 1.29 is 26.8 Å². The van der Waals surface area contributed by atoms with Gasteiger partial charge in [0.2, 0.25) is 11.8 Å². The summed E-state index contributed by atoms with van der Waals surface area (Å²) in [6, 6.07) is 15.7. The van der Waals surface area contributed by atoms with Crippen LogP contribution in [0.2, 0.25) is 0 Å². The highest BCUT2D eigenvalue weighted by atomic mass is 32.2. The molecule has 2 atom stereocenters. The number of anilines is 1. The lowest BCUT2D eigenvalue weighted by Crippen LogP contribution is -2.52. The van der Waals surface area contributed by atoms with E-state index in [1.807, 2.05) is 13.8 Å². The quantitative estimate of drug-likeness (QED) is 0.367. The van der Waals surface area contributed by atoms with Gasteiger partial charge in [-0.1, -0.05) is 55.0 Å². The standard InChI is InChI=1S/C29H33F2N3O4S/c1-5-21(3)32-29(36)22(4)33(18-23-10-6-7-11-25(23)30)28(35)19-34(27-13-9-8-12-26(27)31)39(37,38)24-16-14-20(2)15-17-24/h6-17,21-22H,5,18-19H2,1-4H3,(H,32,36)/t21-,22+/m0/s1. The highest BCUT2D eigenvalue weighted by molar-refractivity contribution is 7.92. The number of hydrogen-bond acceptors (Lipinski definition) is 4. The molecule has 0 aliphatic rings. The van der Waals surface area contributed by atoms with Crippen molar-refractivity contribution >= 4 is 27.5 Å². The number of benzene rings is 3. The lowest BCUT2D eigenvalue weighted by molar-refractivity contribution is -0.139. The summed E-state index contributed by atoms with van der Waals surface area (Å²) in [6.07, 6.45) is 0.648. The highest BCUT2D eigenvalue weighted by Gasteiger charge is 2.34. The van der Waals surface area contributed by atoms with E-state index in [2.05, 4.69) is 5.32 Å². The van der Waals surface area contributed by atoms with Crippen LogP contribution in [0.3, 0.4) is 0 Å². The van der Waals surface area contributed by atoms with Crippen LogP contribution in [0.1, 0.15) is 38.3 Å². The van der Waals surface area contributed by atoms with Crippen molar-refractivity contribution in [3.05, 3.63) is 95.6 Å². The summed E-state index contributed by atoms with van der Waals surface area (Å²) in [5.41, 5.74) is 0.640. The maximum atomic E-state index is 14.9. The van der Waals surface area contributed by atoms with E-state index in [0.29, 0.717) is 10.7 Å². The number of amides is 2. The van der Waals surface area contributed by atoms with Gasteiger partial charge in [-0.15, -0.1) is 0 Å². The van der Waals surface area contributed by atoms with E-state index < -0.39 is 46.1 Å². The number of carbonyl (C=O) groups is 2. The number of aryl methyl sites for hydroxylation is 1. The Hall–Kier alpha value is -3.79. The van der Waals surface area contributed by atoms with Crippen LogP contribution in [0.25, 0.3) is 0 Å². The van der Waals surface area contributed by atoms with E-state index in [1.165, 1.54) is 55.5 Å². The molecule has 0 spiro atoms. The number of nitrogens with zero attached hydrogens (tertiary/aromatic N) is 2. The molecule has 208 valence electrons. The van der Waals surface area contributed by atoms with Gasteiger partial charge < -0.3 is 10.2 Å². The molecule has 0 aromatic heterocycles. The first-order valence-corrected chi connectivity index (χ1v) is 14.1. The van der Waals surface area contributed by atoms with Gasteiger partial charge in [-0.05, 0) is 57.5 Å². The van der Waals surface area contributed by atoms with Gasteiger partial charge in [-0.3, -0.25) is 13.9 Å². The zero-order valence-electron chi connectivity index (χ0n) is 22.4. The van der Waals surface area contributed by atoms with Gasteiger partial charge in [0.1, 0.15) is 24.2 Å². The van der Waals surface area contributed by atoms with Crippen molar-refractivity contribution in [1.82, 2.24) is 10.2 Å². The number of halogens is 2. The zero-order chi connectivity index (χ0) is 28.7. The van der Waals surface area contributed by atoms with Crippen LogP contribution in [-0.4, -0.2) is 43.8 Å². The summed E-state index contributed by atoms with van der Waals surface area (Å²) >= 11 is 0. The van der Waals surface area contributed by atoms with Crippen LogP contribution in [0.5, 0.6) is 0 Å². The Bertz CT molecular complexity index is 1410. The number of hydrogen-bond donors (Lipinski definition) is 1. The minimum atomic E-state index is -4.40. The Balaban J connectivity index is 2.05. The Morgan fingerprint density at radius 1 is 0.897 bits per heavy atom. The molecule has 39 heavy (non-hydrogen) atoms. The van der Waals surface area contributed by atoms with Gasteiger partial charge in [-0.2, -0.15) is 0 Å². The Morgan fingerprint density at radius 3 is 2.08 bits per heavy atom. The Kier molecular flexibility index (Phi) is 9.80. The van der Waals surface area contributed by atoms with E-state index >= 15 is 0 Å². The molecule has 0 heterocycles. The minimum absolute atomic E-state index is 0.132. The van der Waals surface area contributed by atoms with E-state index in [0.717, 1.165) is 16.5 Å². The predicted molar refractivity (Wildman–Crippen MR) is 146 cm³/mol. The molecule has 3 aromatic carbocycles. The summed E-state index contributed by atoms with van der Waals surface area (Å²) in [5.74, 6) is -2.70. The number of sulfonamides is 1. The molecule has 0 fully saturated rings. The summed E-state index contributed by atoms with van der Waals surface area (Å²) < 4.78 is 57.6. The van der Waals surface area contributed by atoms with E-state index in [9.17, 15) is 26.8 Å². The topological polar surface area (TPSA) is 86.8 Å². The third-order valence-corrected chi connectivity index (χ3v) is 8.25. The van der Waals surface area contributed by atoms with Gasteiger partial charge in [0.05, 0.1) is 10.6 Å². The molecule has 0 aliphatic carbocycles. The molecule has 0 bridgehead atoms. The number of carbonyl (C=O) groups excluding carboxylic acids is 2. The largest absolute Gasteiger partial charge is 0.352 e. The average molecular weight is 558 g/mol. The second-order valence-electron chi connectivity index (χ2n) is 9.38. The first-order chi connectivity index (χ1) is 18.4. The monoisotopic (exact) mass is 557 g/mol. The molecule has 0 aliphatic heterocycles. The molecular weight excluding hydrogens is 524 g/mol. The highest BCUT2D eigenvalue weighted by Crippen LogP contribution is 2.27. The Labute approximate surface area is 228 Å². The molecule has 3 aromatic rings. The molecule has 3 rings (SSSR count). The van der Waals surface area contributed by atoms with Crippen LogP contribution in [-0.2, 0) is 26.2 Å². The maximum Gasteiger partial charge on any atom is 0.264 e. The van der Waals surface area contributed by atoms with Crippen LogP contribution in [0.15, 0.2) is 77.7 Å². The smallest absolute Gasteiger partial charge is 0.264 e. The van der Waals surface area contributed by atoms with E-state index in [-0.39, 0.29) is 28.7 Å². The first kappa shape index (κ1) is 29.8. The third kappa shape index (κ3) is 7.20. The lowest BCUT2D eigenvalue weighted by Gasteiger charge is -2.32. The van der Waals surface area contributed by atoms with Gasteiger partial charge >= 0.3 is 0 Å². The molecule has 7 nitrogen and oxygen atoms in total. The fraction of sp³-hybridized carbons (Fsp3) is 0.310. The van der Waals surface area contributed by atoms with Gasteiger partial charge in [0.15, 0.2) is 0 Å². The average Bonchev–Trinajstić information content (AvgIpc) is 2.91. The molecule has 0 radical (unpaired) electrons. The zero-order valence-corrected chi connectivity index (χ0v) is 23.2. The molecule has 0 saturated carbocycles. The predicted octanol–water partition coefficient (Wildman–Crippen LogP) is 4.80. The van der Waals surface area contributed by atoms with Crippen molar-refractivity contribution in [2.24, 2.45) is 0 Å². The first-order valence-electron chi connectivity index (χ1n) is 12.6. The van der Waals surface area contributed by atoms with Crippen molar-refractivity contribution in [3.8, 4) is 0 Å². The van der Waals surface area contributed by atoms with Crippen molar-refractivity contribution in [2.75, 3.05) is 10.8 Å². The number of para-hydroxylation sites is 1. The molecule has 1 N–H and O–H groups in total. The number of rotatable bonds is 11. The van der Waals surface area contributed by atoms with E-state index in [4.69, 9.17) is 0 Å². The summed E-state index contributed by atoms with van der Waals surface area (Å²) in [5, 5.41) is 2.80. The summed E-state index contributed by atoms with van der Waals surface area (Å²) in [4.78, 5) is 27.8. The summed E-state index contributed by atoms with van der Waals surface area (Å²) in [7, 11) is -4.40. The fourth-order valence-corrected chi connectivity index (χ4v) is 5.28. The fourth-order valence-electron chi connectivity index (χ4n) is 3.86. The molecular formula is C29H33F2N3O4S. The molecule has 10 heteroatoms. The van der Waals surface area contributed by atoms with Gasteiger partial charge in [0, 0.05) is 18.2 Å².